The van der Waals surface area contributed by atoms with Crippen LogP contribution >= 0.6 is 11.3 Å². The van der Waals surface area contributed by atoms with Crippen LogP contribution in [0, 0.1) is 5.92 Å². The predicted octanol–water partition coefficient (Wildman–Crippen LogP) is 3.60. The normalized spacial score (nSPS) is 20.9. The Bertz CT molecular complexity index is 1120. The van der Waals surface area contributed by atoms with E-state index < -0.39 is 0 Å². The van der Waals surface area contributed by atoms with Crippen molar-refractivity contribution in [1.29, 1.82) is 0 Å². The number of rotatable bonds is 5. The number of amides is 2. The van der Waals surface area contributed by atoms with Gasteiger partial charge in [-0.1, -0.05) is 36.4 Å². The fourth-order valence-electron chi connectivity index (χ4n) is 4.43. The monoisotopic (exact) mass is 446 g/mol. The van der Waals surface area contributed by atoms with Gasteiger partial charge < -0.3 is 15.5 Å². The molecule has 1 aliphatic heterocycles. The molecule has 2 amide bonds. The van der Waals surface area contributed by atoms with Crippen LogP contribution in [-0.2, 0) is 16.1 Å². The number of anilines is 1. The van der Waals surface area contributed by atoms with E-state index in [0.29, 0.717) is 19.6 Å². The first-order valence-electron chi connectivity index (χ1n) is 11.1. The summed E-state index contributed by atoms with van der Waals surface area (Å²) < 4.78 is 1.17. The Labute approximate surface area is 191 Å². The Hall–Kier alpha value is -3.19. The Kier molecular flexibility index (Phi) is 5.90. The summed E-state index contributed by atoms with van der Waals surface area (Å²) in [5.74, 6) is 0.143. The molecule has 2 unspecified atom stereocenters. The van der Waals surface area contributed by atoms with E-state index in [1.807, 2.05) is 42.5 Å². The highest BCUT2D eigenvalue weighted by Crippen LogP contribution is 2.38. The number of carbonyl (C=O) groups is 2. The largest absolute Gasteiger partial charge is 0.360 e. The van der Waals surface area contributed by atoms with Crippen molar-refractivity contribution in [2.75, 3.05) is 24.5 Å². The number of nitrogens with zero attached hydrogens (tertiary/aromatic N) is 2. The fraction of sp³-hybridized carbons (Fsp3) is 0.320. The van der Waals surface area contributed by atoms with Gasteiger partial charge in [0.15, 0.2) is 0 Å². The molecule has 3 aromatic rings. The first kappa shape index (κ1) is 20.7. The van der Waals surface area contributed by atoms with Gasteiger partial charge in [0.1, 0.15) is 0 Å². The lowest BCUT2D eigenvalue weighted by atomic mass is 9.82. The summed E-state index contributed by atoms with van der Waals surface area (Å²) in [6.07, 6.45) is 5.86. The summed E-state index contributed by atoms with van der Waals surface area (Å²) >= 11 is 1.70. The topological polar surface area (TPSA) is 74.3 Å². The first-order chi connectivity index (χ1) is 15.7. The molecule has 2 heterocycles. The van der Waals surface area contributed by atoms with E-state index in [4.69, 9.17) is 4.98 Å². The maximum Gasteiger partial charge on any atom is 0.239 e. The van der Waals surface area contributed by atoms with Gasteiger partial charge in [0.2, 0.25) is 11.8 Å². The van der Waals surface area contributed by atoms with Crippen LogP contribution in [0.1, 0.15) is 29.3 Å². The zero-order valence-electron chi connectivity index (χ0n) is 17.8. The van der Waals surface area contributed by atoms with Crippen molar-refractivity contribution >= 4 is 39.1 Å². The van der Waals surface area contributed by atoms with Crippen LogP contribution in [0.3, 0.4) is 0 Å². The number of fused-ring (bicyclic) bond motifs is 1. The van der Waals surface area contributed by atoms with Gasteiger partial charge in [-0.15, -0.1) is 11.3 Å². The fourth-order valence-corrected chi connectivity index (χ4v) is 5.58. The number of nitrogens with one attached hydrogen (secondary N) is 2. The zero-order valence-corrected chi connectivity index (χ0v) is 18.6. The lowest BCUT2D eigenvalue weighted by Crippen LogP contribution is -2.47. The molecule has 1 fully saturated rings. The van der Waals surface area contributed by atoms with Gasteiger partial charge in [-0.3, -0.25) is 9.59 Å². The number of aromatic nitrogens is 1. The van der Waals surface area contributed by atoms with E-state index in [9.17, 15) is 9.59 Å². The Balaban J connectivity index is 1.23. The lowest BCUT2D eigenvalue weighted by Gasteiger charge is -2.28. The Morgan fingerprint density at radius 1 is 1.12 bits per heavy atom. The molecule has 2 atom stereocenters. The van der Waals surface area contributed by atoms with Crippen LogP contribution in [0.15, 0.2) is 60.7 Å². The third-order valence-corrected chi connectivity index (χ3v) is 7.37. The van der Waals surface area contributed by atoms with Crippen molar-refractivity contribution in [1.82, 2.24) is 15.6 Å². The molecule has 0 radical (unpaired) electrons. The third kappa shape index (κ3) is 4.39. The molecule has 7 heteroatoms. The van der Waals surface area contributed by atoms with E-state index in [-0.39, 0.29) is 23.7 Å². The summed E-state index contributed by atoms with van der Waals surface area (Å²) in [5.41, 5.74) is 3.09. The highest BCUT2D eigenvalue weighted by atomic mass is 32.1. The van der Waals surface area contributed by atoms with E-state index in [1.54, 1.807) is 11.3 Å². The number of para-hydroxylation sites is 1. The summed E-state index contributed by atoms with van der Waals surface area (Å²) in [6, 6.07) is 16.2. The number of thiazole rings is 1. The molecule has 0 saturated carbocycles. The van der Waals surface area contributed by atoms with Crippen molar-refractivity contribution in [3.8, 4) is 0 Å². The maximum absolute atomic E-state index is 13.1. The minimum absolute atomic E-state index is 0.0526. The molecule has 164 valence electrons. The van der Waals surface area contributed by atoms with Gasteiger partial charge in [-0.05, 0) is 42.7 Å². The van der Waals surface area contributed by atoms with E-state index in [0.717, 1.165) is 41.2 Å². The average molecular weight is 447 g/mol. The molecule has 6 nitrogen and oxygen atoms in total. The third-order valence-electron chi connectivity index (χ3n) is 6.20. The first-order valence-corrected chi connectivity index (χ1v) is 11.9. The van der Waals surface area contributed by atoms with E-state index in [1.165, 1.54) is 4.70 Å². The predicted molar refractivity (Wildman–Crippen MR) is 128 cm³/mol. The molecule has 2 aliphatic rings. The van der Waals surface area contributed by atoms with Crippen molar-refractivity contribution in [3.05, 3.63) is 71.3 Å². The van der Waals surface area contributed by atoms with E-state index >= 15 is 0 Å². The second kappa shape index (κ2) is 9.12. The number of allylic oxidation sites excluding steroid dienone is 2. The van der Waals surface area contributed by atoms with Gasteiger partial charge in [-0.2, -0.15) is 0 Å². The Morgan fingerprint density at radius 3 is 2.75 bits per heavy atom. The molecule has 32 heavy (non-hydrogen) atoms. The standard InChI is InChI=1S/C25H26N4O2S/c30-23-16-29(14-13-26-23)18-11-9-17(10-12-18)15-27-24(31)19-5-1-2-6-20(19)25-28-21-7-3-4-8-22(21)32-25/h1-4,7-12,19-20H,5-6,13-16H2,(H,26,30)(H,27,31). The van der Waals surface area contributed by atoms with Crippen molar-refractivity contribution < 1.29 is 9.59 Å². The summed E-state index contributed by atoms with van der Waals surface area (Å²) in [7, 11) is 0. The van der Waals surface area contributed by atoms with Crippen molar-refractivity contribution in [2.45, 2.75) is 25.3 Å². The number of hydrogen-bond donors (Lipinski definition) is 2. The van der Waals surface area contributed by atoms with Crippen LogP contribution in [-0.4, -0.2) is 36.4 Å². The zero-order chi connectivity index (χ0) is 21.9. The van der Waals surface area contributed by atoms with E-state index in [2.05, 4.69) is 33.8 Å². The quantitative estimate of drug-likeness (QED) is 0.588. The Morgan fingerprint density at radius 2 is 1.94 bits per heavy atom. The van der Waals surface area contributed by atoms with Crippen molar-refractivity contribution in [3.63, 3.8) is 0 Å². The molecule has 1 aliphatic carbocycles. The average Bonchev–Trinajstić information content (AvgIpc) is 3.27. The number of piperazine rings is 1. The molecule has 2 N–H and O–H groups in total. The van der Waals surface area contributed by atoms with Gasteiger partial charge in [0.25, 0.3) is 0 Å². The number of benzene rings is 2. The molecule has 0 bridgehead atoms. The van der Waals surface area contributed by atoms with Crippen LogP contribution in [0.4, 0.5) is 5.69 Å². The minimum atomic E-state index is -0.105. The second-order valence-electron chi connectivity index (χ2n) is 8.33. The van der Waals surface area contributed by atoms with Crippen LogP contribution < -0.4 is 15.5 Å². The highest BCUT2D eigenvalue weighted by molar-refractivity contribution is 7.18. The molecular weight excluding hydrogens is 420 g/mol. The second-order valence-corrected chi connectivity index (χ2v) is 9.39. The summed E-state index contributed by atoms with van der Waals surface area (Å²) in [5, 5.41) is 7.02. The minimum Gasteiger partial charge on any atom is -0.360 e. The van der Waals surface area contributed by atoms with Crippen LogP contribution in [0.25, 0.3) is 10.2 Å². The van der Waals surface area contributed by atoms with Crippen LogP contribution in [0.2, 0.25) is 0 Å². The summed E-state index contributed by atoms with van der Waals surface area (Å²) in [4.78, 5) is 31.6. The molecule has 5 rings (SSSR count). The summed E-state index contributed by atoms with van der Waals surface area (Å²) in [6.45, 7) is 2.36. The molecule has 0 spiro atoms. The van der Waals surface area contributed by atoms with Crippen molar-refractivity contribution in [2.24, 2.45) is 5.92 Å². The number of hydrogen-bond acceptors (Lipinski definition) is 5. The maximum atomic E-state index is 13.1. The van der Waals surface area contributed by atoms with Crippen LogP contribution in [0.5, 0.6) is 0 Å². The number of carbonyl (C=O) groups excluding carboxylic acids is 2. The van der Waals surface area contributed by atoms with Gasteiger partial charge in [0, 0.05) is 31.2 Å². The SMILES string of the molecule is O=C1CN(c2ccc(CNC(=O)C3CC=CCC3c3nc4ccccc4s3)cc2)CCN1. The van der Waals surface area contributed by atoms with Gasteiger partial charge in [0.05, 0.1) is 27.7 Å². The van der Waals surface area contributed by atoms with Gasteiger partial charge in [-0.25, -0.2) is 4.98 Å². The molecule has 2 aromatic carbocycles. The molecule has 1 aromatic heterocycles. The molecular formula is C25H26N4O2S. The highest BCUT2D eigenvalue weighted by Gasteiger charge is 2.32. The molecule has 1 saturated heterocycles. The van der Waals surface area contributed by atoms with Gasteiger partial charge >= 0.3 is 0 Å². The smallest absolute Gasteiger partial charge is 0.239 e. The lowest BCUT2D eigenvalue weighted by molar-refractivity contribution is -0.126.